The van der Waals surface area contributed by atoms with Gasteiger partial charge < -0.3 is 10.4 Å². The molecular formula is C15H14F2N4O2S. The van der Waals surface area contributed by atoms with Crippen LogP contribution in [0.25, 0.3) is 4.96 Å². The molecule has 0 saturated carbocycles. The Balaban J connectivity index is 1.81. The van der Waals surface area contributed by atoms with Crippen LogP contribution in [0.2, 0.25) is 0 Å². The van der Waals surface area contributed by atoms with E-state index in [2.05, 4.69) is 15.4 Å². The summed E-state index contributed by atoms with van der Waals surface area (Å²) < 4.78 is 28.4. The van der Waals surface area contributed by atoms with Crippen molar-refractivity contribution in [3.8, 4) is 0 Å². The average Bonchev–Trinajstić information content (AvgIpc) is 2.96. The number of anilines is 1. The van der Waals surface area contributed by atoms with Crippen molar-refractivity contribution in [1.82, 2.24) is 14.6 Å². The van der Waals surface area contributed by atoms with Crippen molar-refractivity contribution < 1.29 is 13.9 Å². The van der Waals surface area contributed by atoms with Gasteiger partial charge in [0.1, 0.15) is 17.7 Å². The largest absolute Gasteiger partial charge is 0.386 e. The Morgan fingerprint density at radius 2 is 2.08 bits per heavy atom. The number of halogens is 2. The predicted molar refractivity (Wildman–Crippen MR) is 86.3 cm³/mol. The number of hydrogen-bond donors (Lipinski definition) is 2. The Hall–Kier alpha value is -2.39. The number of aliphatic hydroxyl groups is 1. The van der Waals surface area contributed by atoms with Gasteiger partial charge in [-0.2, -0.15) is 4.52 Å². The van der Waals surface area contributed by atoms with Crippen molar-refractivity contribution in [3.63, 3.8) is 0 Å². The van der Waals surface area contributed by atoms with Gasteiger partial charge in [0.25, 0.3) is 5.56 Å². The van der Waals surface area contributed by atoms with Gasteiger partial charge in [0, 0.05) is 18.3 Å². The molecule has 0 fully saturated rings. The SMILES string of the molecule is CCc1cc(=O)n2nc(NCC(O)c3c(F)cccc3F)sc2n1. The molecule has 24 heavy (non-hydrogen) atoms. The fourth-order valence-corrected chi connectivity index (χ4v) is 3.05. The minimum Gasteiger partial charge on any atom is -0.386 e. The van der Waals surface area contributed by atoms with Crippen LogP contribution in [0.15, 0.2) is 29.1 Å². The van der Waals surface area contributed by atoms with Gasteiger partial charge in [-0.1, -0.05) is 24.3 Å². The van der Waals surface area contributed by atoms with E-state index < -0.39 is 23.3 Å². The predicted octanol–water partition coefficient (Wildman–Crippen LogP) is 2.14. The summed E-state index contributed by atoms with van der Waals surface area (Å²) in [5.41, 5.74) is -0.0554. The fourth-order valence-electron chi connectivity index (χ4n) is 2.22. The highest BCUT2D eigenvalue weighted by atomic mass is 32.1. The molecule has 0 saturated heterocycles. The molecule has 2 heterocycles. The Morgan fingerprint density at radius 1 is 1.38 bits per heavy atom. The molecule has 6 nitrogen and oxygen atoms in total. The second-order valence-corrected chi connectivity index (χ2v) is 6.03. The molecule has 0 aliphatic heterocycles. The molecule has 1 unspecified atom stereocenters. The summed E-state index contributed by atoms with van der Waals surface area (Å²) in [5.74, 6) is -1.64. The zero-order valence-corrected chi connectivity index (χ0v) is 13.5. The van der Waals surface area contributed by atoms with Crippen LogP contribution in [-0.2, 0) is 6.42 Å². The summed E-state index contributed by atoms with van der Waals surface area (Å²) in [4.78, 5) is 16.6. The van der Waals surface area contributed by atoms with E-state index in [4.69, 9.17) is 0 Å². The summed E-state index contributed by atoms with van der Waals surface area (Å²) in [6.45, 7) is 1.73. The third-order valence-electron chi connectivity index (χ3n) is 3.44. The number of nitrogens with one attached hydrogen (secondary N) is 1. The van der Waals surface area contributed by atoms with Crippen LogP contribution >= 0.6 is 11.3 Å². The lowest BCUT2D eigenvalue weighted by molar-refractivity contribution is 0.181. The molecule has 2 aromatic heterocycles. The number of nitrogens with zero attached hydrogens (tertiary/aromatic N) is 3. The number of benzene rings is 1. The van der Waals surface area contributed by atoms with Crippen molar-refractivity contribution >= 4 is 21.4 Å². The van der Waals surface area contributed by atoms with E-state index in [1.807, 2.05) is 6.92 Å². The van der Waals surface area contributed by atoms with Gasteiger partial charge in [0.15, 0.2) is 0 Å². The fraction of sp³-hybridized carbons (Fsp3) is 0.267. The number of aliphatic hydroxyl groups excluding tert-OH is 1. The number of aromatic nitrogens is 3. The molecule has 0 aliphatic rings. The molecule has 0 spiro atoms. The van der Waals surface area contributed by atoms with Crippen LogP contribution in [0.3, 0.4) is 0 Å². The first-order chi connectivity index (χ1) is 11.5. The molecule has 0 bridgehead atoms. The van der Waals surface area contributed by atoms with Gasteiger partial charge >= 0.3 is 0 Å². The molecule has 0 radical (unpaired) electrons. The van der Waals surface area contributed by atoms with Crippen LogP contribution < -0.4 is 10.9 Å². The standard InChI is InChI=1S/C15H14F2N4O2S/c1-2-8-6-12(23)21-15(19-8)24-14(20-21)18-7-11(22)13-9(16)4-3-5-10(13)17/h3-6,11,22H,2,7H2,1H3,(H,18,20). The first-order valence-electron chi connectivity index (χ1n) is 7.25. The molecule has 9 heteroatoms. The first kappa shape index (κ1) is 16.5. The Bertz CT molecular complexity index is 921. The van der Waals surface area contributed by atoms with E-state index in [-0.39, 0.29) is 12.1 Å². The molecule has 1 aromatic carbocycles. The highest BCUT2D eigenvalue weighted by Gasteiger charge is 2.18. The lowest BCUT2D eigenvalue weighted by Crippen LogP contribution is -2.17. The molecule has 126 valence electrons. The van der Waals surface area contributed by atoms with Crippen molar-refractivity contribution in [2.75, 3.05) is 11.9 Å². The van der Waals surface area contributed by atoms with Gasteiger partial charge in [-0.25, -0.2) is 13.8 Å². The molecular weight excluding hydrogens is 338 g/mol. The van der Waals surface area contributed by atoms with E-state index in [9.17, 15) is 18.7 Å². The summed E-state index contributed by atoms with van der Waals surface area (Å²) in [6.07, 6.45) is -0.772. The molecule has 2 N–H and O–H groups in total. The van der Waals surface area contributed by atoms with Crippen molar-refractivity contribution in [3.05, 3.63) is 57.5 Å². The molecule has 3 aromatic rings. The lowest BCUT2D eigenvalue weighted by Gasteiger charge is -2.12. The van der Waals surface area contributed by atoms with E-state index in [0.717, 1.165) is 28.0 Å². The van der Waals surface area contributed by atoms with E-state index >= 15 is 0 Å². The minimum atomic E-state index is -1.39. The van der Waals surface area contributed by atoms with Crippen LogP contribution in [0.4, 0.5) is 13.9 Å². The minimum absolute atomic E-state index is 0.160. The second-order valence-electron chi connectivity index (χ2n) is 5.07. The maximum absolute atomic E-state index is 13.6. The van der Waals surface area contributed by atoms with Crippen LogP contribution in [0.5, 0.6) is 0 Å². The van der Waals surface area contributed by atoms with Gasteiger partial charge in [-0.3, -0.25) is 4.79 Å². The smallest absolute Gasteiger partial charge is 0.275 e. The summed E-state index contributed by atoms with van der Waals surface area (Å²) in [5, 5.41) is 17.2. The highest BCUT2D eigenvalue weighted by molar-refractivity contribution is 7.20. The molecule has 3 rings (SSSR count). The maximum atomic E-state index is 13.6. The summed E-state index contributed by atoms with van der Waals surface area (Å²) in [7, 11) is 0. The maximum Gasteiger partial charge on any atom is 0.275 e. The Morgan fingerprint density at radius 3 is 2.75 bits per heavy atom. The van der Waals surface area contributed by atoms with Crippen LogP contribution in [0.1, 0.15) is 24.3 Å². The normalized spacial score (nSPS) is 12.5. The number of fused-ring (bicyclic) bond motifs is 1. The van der Waals surface area contributed by atoms with Crippen LogP contribution in [0, 0.1) is 11.6 Å². The summed E-state index contributed by atoms with van der Waals surface area (Å²) in [6, 6.07) is 4.79. The van der Waals surface area contributed by atoms with E-state index in [1.54, 1.807) is 0 Å². The summed E-state index contributed by atoms with van der Waals surface area (Å²) >= 11 is 1.12. The van der Waals surface area contributed by atoms with Crippen molar-refractivity contribution in [2.24, 2.45) is 0 Å². The number of rotatable bonds is 5. The average molecular weight is 352 g/mol. The number of aryl methyl sites for hydroxylation is 1. The lowest BCUT2D eigenvalue weighted by atomic mass is 10.1. The monoisotopic (exact) mass is 352 g/mol. The third-order valence-corrected chi connectivity index (χ3v) is 4.31. The van der Waals surface area contributed by atoms with Gasteiger partial charge in [0.05, 0.1) is 5.56 Å². The zero-order valence-electron chi connectivity index (χ0n) is 12.7. The second kappa shape index (κ2) is 6.62. The third kappa shape index (κ3) is 3.13. The van der Waals surface area contributed by atoms with Crippen molar-refractivity contribution in [1.29, 1.82) is 0 Å². The topological polar surface area (TPSA) is 79.5 Å². The van der Waals surface area contributed by atoms with Gasteiger partial charge in [-0.15, -0.1) is 5.10 Å². The molecule has 0 amide bonds. The Kier molecular flexibility index (Phi) is 4.54. The Labute approximate surface area is 139 Å². The highest BCUT2D eigenvalue weighted by Crippen LogP contribution is 2.22. The molecule has 0 aliphatic carbocycles. The van der Waals surface area contributed by atoms with Crippen LogP contribution in [-0.4, -0.2) is 26.2 Å². The van der Waals surface area contributed by atoms with Gasteiger partial charge in [0.2, 0.25) is 10.1 Å². The van der Waals surface area contributed by atoms with Crippen molar-refractivity contribution in [2.45, 2.75) is 19.4 Å². The number of hydrogen-bond acceptors (Lipinski definition) is 6. The quantitative estimate of drug-likeness (QED) is 0.735. The first-order valence-corrected chi connectivity index (χ1v) is 8.07. The zero-order chi connectivity index (χ0) is 17.3. The van der Waals surface area contributed by atoms with Gasteiger partial charge in [-0.05, 0) is 18.6 Å². The molecule has 1 atom stereocenters. The van der Waals surface area contributed by atoms with E-state index in [0.29, 0.717) is 22.2 Å². The van der Waals surface area contributed by atoms with E-state index in [1.165, 1.54) is 12.1 Å².